The molecule has 4 N–H and O–H groups in total. The topological polar surface area (TPSA) is 106 Å². The van der Waals surface area contributed by atoms with Crippen molar-refractivity contribution >= 4 is 11.9 Å². The van der Waals surface area contributed by atoms with Crippen LogP contribution in [0.3, 0.4) is 0 Å². The number of nitrogens with one attached hydrogen (secondary N) is 1. The fraction of sp³-hybridized carbons (Fsp3) is 0.556. The van der Waals surface area contributed by atoms with Crippen molar-refractivity contribution in [3.8, 4) is 0 Å². The highest BCUT2D eigenvalue weighted by Gasteiger charge is 2.22. The molecule has 0 aliphatic heterocycles. The number of nitrogens with two attached hydrogens (primary N) is 1. The van der Waals surface area contributed by atoms with Crippen molar-refractivity contribution < 1.29 is 19.5 Å². The number of amidine groups is 1. The molecule has 1 aromatic rings. The van der Waals surface area contributed by atoms with Crippen LogP contribution in [0, 0.1) is 0 Å². The number of aliphatic hydroxyl groups excluding tert-OH is 1. The van der Waals surface area contributed by atoms with Gasteiger partial charge in [-0.05, 0) is 38.3 Å². The number of aryl methyl sites for hydroxylation is 1. The van der Waals surface area contributed by atoms with Gasteiger partial charge in [-0.25, -0.2) is 4.79 Å². The van der Waals surface area contributed by atoms with Crippen molar-refractivity contribution in [1.29, 1.82) is 0 Å². The second kappa shape index (κ2) is 9.88. The first-order valence-electron chi connectivity index (χ1n) is 8.38. The van der Waals surface area contributed by atoms with Gasteiger partial charge in [0.15, 0.2) is 5.84 Å². The summed E-state index contributed by atoms with van der Waals surface area (Å²) in [6.45, 7) is 7.31. The Bertz CT molecular complexity index is 565. The van der Waals surface area contributed by atoms with Crippen LogP contribution < -0.4 is 11.1 Å². The molecule has 7 heteroatoms. The third-order valence-electron chi connectivity index (χ3n) is 3.27. The number of benzene rings is 1. The highest BCUT2D eigenvalue weighted by Crippen LogP contribution is 2.10. The van der Waals surface area contributed by atoms with Gasteiger partial charge >= 0.3 is 6.09 Å². The molecule has 0 radical (unpaired) electrons. The normalized spacial score (nSPS) is 13.2. The predicted molar refractivity (Wildman–Crippen MR) is 97.3 cm³/mol. The molecular formula is C18H29N3O4. The van der Waals surface area contributed by atoms with Crippen LogP contribution in [0.15, 0.2) is 29.4 Å². The number of rotatable bonds is 8. The minimum absolute atomic E-state index is 0.0328. The molecular weight excluding hydrogens is 322 g/mol. The Labute approximate surface area is 149 Å². The molecule has 0 heterocycles. The highest BCUT2D eigenvalue weighted by atomic mass is 16.6. The van der Waals surface area contributed by atoms with Gasteiger partial charge in [-0.15, -0.1) is 0 Å². The number of carbonyl (C=O) groups is 1. The minimum Gasteiger partial charge on any atom is -0.444 e. The lowest BCUT2D eigenvalue weighted by Gasteiger charge is -2.23. The van der Waals surface area contributed by atoms with Crippen molar-refractivity contribution in [2.45, 2.75) is 52.2 Å². The first-order valence-corrected chi connectivity index (χ1v) is 8.38. The Morgan fingerprint density at radius 3 is 2.40 bits per heavy atom. The van der Waals surface area contributed by atoms with Crippen LogP contribution in [-0.4, -0.2) is 41.9 Å². The first kappa shape index (κ1) is 20.8. The Hall–Kier alpha value is -2.28. The van der Waals surface area contributed by atoms with Crippen molar-refractivity contribution in [3.63, 3.8) is 0 Å². The fourth-order valence-corrected chi connectivity index (χ4v) is 2.05. The summed E-state index contributed by atoms with van der Waals surface area (Å²) < 4.78 is 5.28. The van der Waals surface area contributed by atoms with E-state index in [1.54, 1.807) is 20.8 Å². The summed E-state index contributed by atoms with van der Waals surface area (Å²) in [5.74, 6) is 0.110. The first-order chi connectivity index (χ1) is 11.7. The average molecular weight is 351 g/mol. The number of alkyl carbamates (subject to hydrolysis) is 1. The molecule has 0 fully saturated rings. The van der Waals surface area contributed by atoms with Crippen molar-refractivity contribution in [3.05, 3.63) is 35.4 Å². The smallest absolute Gasteiger partial charge is 0.408 e. The highest BCUT2D eigenvalue weighted by molar-refractivity contribution is 5.88. The zero-order valence-electron chi connectivity index (χ0n) is 15.4. The number of hydrogen-bond acceptors (Lipinski definition) is 5. The van der Waals surface area contributed by atoms with Gasteiger partial charge in [0.05, 0.1) is 12.6 Å². The maximum absolute atomic E-state index is 12.1. The van der Waals surface area contributed by atoms with E-state index in [9.17, 15) is 4.79 Å². The molecule has 1 rings (SSSR count). The Kier molecular flexibility index (Phi) is 8.21. The van der Waals surface area contributed by atoms with Crippen LogP contribution in [0.1, 0.15) is 38.8 Å². The molecule has 25 heavy (non-hydrogen) atoms. The van der Waals surface area contributed by atoms with E-state index in [0.717, 1.165) is 12.0 Å². The van der Waals surface area contributed by atoms with E-state index in [2.05, 4.69) is 17.4 Å². The molecule has 7 nitrogen and oxygen atoms in total. The monoisotopic (exact) mass is 351 g/mol. The second-order valence-electron chi connectivity index (χ2n) is 6.65. The number of carbonyl (C=O) groups excluding carboxylic acids is 1. The summed E-state index contributed by atoms with van der Waals surface area (Å²) in [5.41, 5.74) is 7.56. The lowest BCUT2D eigenvalue weighted by Crippen LogP contribution is -2.47. The van der Waals surface area contributed by atoms with Gasteiger partial charge in [-0.1, -0.05) is 36.3 Å². The molecule has 0 saturated heterocycles. The second-order valence-corrected chi connectivity index (χ2v) is 6.65. The Balaban J connectivity index is 2.85. The number of aliphatic hydroxyl groups is 1. The lowest BCUT2D eigenvalue weighted by molar-refractivity contribution is 0.0515. The molecule has 1 unspecified atom stereocenters. The van der Waals surface area contributed by atoms with Gasteiger partial charge in [0.2, 0.25) is 0 Å². The van der Waals surface area contributed by atoms with Crippen molar-refractivity contribution in [2.75, 3.05) is 13.2 Å². The summed E-state index contributed by atoms with van der Waals surface area (Å²) in [5, 5.41) is 15.2. The van der Waals surface area contributed by atoms with Crippen molar-refractivity contribution in [1.82, 2.24) is 5.32 Å². The van der Waals surface area contributed by atoms with Gasteiger partial charge in [0, 0.05) is 6.42 Å². The standard InChI is InChI=1S/C18H29N3O4/c1-5-13-6-8-14(9-7-13)12-15(16(19)21-24-11-10-22)20-17(23)25-18(2,3)4/h6-9,15,22H,5,10-12H2,1-4H3,(H2,19,21)(H,20,23). The molecule has 1 aromatic carbocycles. The van der Waals surface area contributed by atoms with Gasteiger partial charge in [-0.2, -0.15) is 0 Å². The van der Waals surface area contributed by atoms with Crippen molar-refractivity contribution in [2.24, 2.45) is 10.9 Å². The van der Waals surface area contributed by atoms with Gasteiger partial charge in [-0.3, -0.25) is 0 Å². The summed E-state index contributed by atoms with van der Waals surface area (Å²) in [7, 11) is 0. The molecule has 0 saturated carbocycles. The van der Waals surface area contributed by atoms with E-state index in [1.807, 2.05) is 24.3 Å². The lowest BCUT2D eigenvalue weighted by atomic mass is 10.0. The van der Waals surface area contributed by atoms with Gasteiger partial charge < -0.3 is 25.7 Å². The molecule has 0 spiro atoms. The molecule has 1 amide bonds. The third kappa shape index (κ3) is 8.39. The number of ether oxygens (including phenoxy) is 1. The number of oxime groups is 1. The predicted octanol–water partition coefficient (Wildman–Crippen LogP) is 1.97. The van der Waals surface area contributed by atoms with E-state index in [4.69, 9.17) is 20.4 Å². The number of hydrogen-bond donors (Lipinski definition) is 3. The zero-order chi connectivity index (χ0) is 18.9. The zero-order valence-corrected chi connectivity index (χ0v) is 15.4. The molecule has 0 bridgehead atoms. The van der Waals surface area contributed by atoms with Gasteiger partial charge in [0.1, 0.15) is 12.2 Å². The van der Waals surface area contributed by atoms with E-state index in [1.165, 1.54) is 5.56 Å². The van der Waals surface area contributed by atoms with Crippen LogP contribution in [0.25, 0.3) is 0 Å². The minimum atomic E-state index is -0.614. The van der Waals surface area contributed by atoms with Crippen LogP contribution >= 0.6 is 0 Å². The van der Waals surface area contributed by atoms with E-state index >= 15 is 0 Å². The van der Waals surface area contributed by atoms with Gasteiger partial charge in [0.25, 0.3) is 0 Å². The Morgan fingerprint density at radius 1 is 1.28 bits per heavy atom. The maximum Gasteiger partial charge on any atom is 0.408 e. The summed E-state index contributed by atoms with van der Waals surface area (Å²) in [6, 6.07) is 7.47. The maximum atomic E-state index is 12.1. The number of amides is 1. The van der Waals surface area contributed by atoms with E-state index in [-0.39, 0.29) is 19.0 Å². The SMILES string of the molecule is CCc1ccc(CC(NC(=O)OC(C)(C)C)C(N)=NOCCO)cc1. The number of nitrogens with zero attached hydrogens (tertiary/aromatic N) is 1. The average Bonchev–Trinajstić information content (AvgIpc) is 2.53. The fourth-order valence-electron chi connectivity index (χ4n) is 2.05. The Morgan fingerprint density at radius 2 is 1.88 bits per heavy atom. The van der Waals surface area contributed by atoms with E-state index < -0.39 is 17.7 Å². The molecule has 1 atom stereocenters. The quantitative estimate of drug-likeness (QED) is 0.287. The molecule has 140 valence electrons. The largest absolute Gasteiger partial charge is 0.444 e. The van der Waals surface area contributed by atoms with Crippen LogP contribution in [0.2, 0.25) is 0 Å². The molecule has 0 aliphatic carbocycles. The molecule has 0 aliphatic rings. The summed E-state index contributed by atoms with van der Waals surface area (Å²) in [6.07, 6.45) is 0.822. The van der Waals surface area contributed by atoms with Crippen LogP contribution in [0.5, 0.6) is 0 Å². The summed E-state index contributed by atoms with van der Waals surface area (Å²) in [4.78, 5) is 17.0. The van der Waals surface area contributed by atoms with E-state index in [0.29, 0.717) is 6.42 Å². The summed E-state index contributed by atoms with van der Waals surface area (Å²) >= 11 is 0. The van der Waals surface area contributed by atoms with Crippen LogP contribution in [-0.2, 0) is 22.4 Å². The molecule has 0 aromatic heterocycles. The third-order valence-corrected chi connectivity index (χ3v) is 3.27. The van der Waals surface area contributed by atoms with Crippen LogP contribution in [0.4, 0.5) is 4.79 Å².